The van der Waals surface area contributed by atoms with E-state index in [1.165, 1.54) is 24.8 Å². The van der Waals surface area contributed by atoms with Crippen LogP contribution in [0, 0.1) is 35.9 Å². The first-order chi connectivity index (χ1) is 27.9. The maximum absolute atomic E-state index is 14.1. The van der Waals surface area contributed by atoms with E-state index in [1.807, 2.05) is 64.1 Å². The van der Waals surface area contributed by atoms with Crippen molar-refractivity contribution in [1.29, 1.82) is 0 Å². The van der Waals surface area contributed by atoms with Gasteiger partial charge in [0, 0.05) is 34.6 Å². The van der Waals surface area contributed by atoms with Crippen molar-refractivity contribution >= 4 is 0 Å². The van der Waals surface area contributed by atoms with Crippen molar-refractivity contribution in [3.8, 4) is 45.0 Å². The second-order valence-electron chi connectivity index (χ2n) is 14.1. The molecule has 0 saturated heterocycles. The molecule has 0 spiro atoms. The molecule has 59 heavy (non-hydrogen) atoms. The Bertz CT molecular complexity index is 2360. The molecule has 8 aromatic rings. The van der Waals surface area contributed by atoms with Crippen LogP contribution in [0.25, 0.3) is 45.0 Å². The van der Waals surface area contributed by atoms with Crippen LogP contribution in [-0.4, -0.2) is 39.9 Å². The van der Waals surface area contributed by atoms with E-state index < -0.39 is 34.6 Å². The maximum atomic E-state index is 14.1. The first-order valence-electron chi connectivity index (χ1n) is 18.1. The minimum Gasteiger partial charge on any atom is -0.326 e. The molecular weight excluding hydrogens is 936 g/mol. The van der Waals surface area contributed by atoms with Crippen LogP contribution < -0.4 is 0 Å². The van der Waals surface area contributed by atoms with Crippen LogP contribution in [0.15, 0.2) is 134 Å². The largest absolute Gasteiger partial charge is 2.00 e. The standard InChI is InChI=1S/C23H18F2N4.C23H16F2N4.Pt/c2*1-23(2,19-11-3-9-17(28-19)15-7-5-13-26-21(15)24)20-12-4-10-18(29-20)16-8-6-14-27-22(16)25;/h3-14H,1-2H3;3-6,9-14H,1-2H3;/q;-2;+2. The molecule has 8 heterocycles. The second kappa shape index (κ2) is 18.0. The monoisotopic (exact) mass is 969 g/mol. The predicted molar refractivity (Wildman–Crippen MR) is 212 cm³/mol. The van der Waals surface area contributed by atoms with Crippen LogP contribution in [0.3, 0.4) is 0 Å². The third kappa shape index (κ3) is 9.18. The smallest absolute Gasteiger partial charge is 0.326 e. The van der Waals surface area contributed by atoms with Crippen LogP contribution in [0.5, 0.6) is 0 Å². The van der Waals surface area contributed by atoms with E-state index in [4.69, 9.17) is 0 Å². The van der Waals surface area contributed by atoms with Crippen molar-refractivity contribution in [1.82, 2.24) is 39.9 Å². The maximum Gasteiger partial charge on any atom is 2.00 e. The Balaban J connectivity index is 0.000000195. The SMILES string of the molecule is CC(C)(c1cccc(-c2[c-]ccnc2F)n1)c1cccc(-c2[c-]ccnc2F)n1.CC(C)(c1cccc(-c2cccnc2F)n1)c1cccc(-c2cccnc2F)n1.[Pt+2]. The van der Waals surface area contributed by atoms with Gasteiger partial charge in [0.25, 0.3) is 0 Å². The molecule has 0 fully saturated rings. The molecule has 0 unspecified atom stereocenters. The van der Waals surface area contributed by atoms with Crippen molar-refractivity contribution in [2.75, 3.05) is 0 Å². The third-order valence-electron chi connectivity index (χ3n) is 9.53. The van der Waals surface area contributed by atoms with E-state index in [0.29, 0.717) is 45.3 Å². The van der Waals surface area contributed by atoms with Gasteiger partial charge >= 0.3 is 21.1 Å². The van der Waals surface area contributed by atoms with Crippen molar-refractivity contribution in [2.45, 2.75) is 38.5 Å². The zero-order valence-corrected chi connectivity index (χ0v) is 34.4. The van der Waals surface area contributed by atoms with E-state index in [2.05, 4.69) is 52.0 Å². The summed E-state index contributed by atoms with van der Waals surface area (Å²) < 4.78 is 56.3. The van der Waals surface area contributed by atoms with E-state index in [1.54, 1.807) is 72.8 Å². The van der Waals surface area contributed by atoms with E-state index in [9.17, 15) is 17.6 Å². The Kier molecular flexibility index (Phi) is 12.9. The molecule has 8 nitrogen and oxygen atoms in total. The summed E-state index contributed by atoms with van der Waals surface area (Å²) in [7, 11) is 0. The Morgan fingerprint density at radius 1 is 0.390 bits per heavy atom. The number of hydrogen-bond acceptors (Lipinski definition) is 8. The number of halogens is 4. The summed E-state index contributed by atoms with van der Waals surface area (Å²) in [4.78, 5) is 33.3. The van der Waals surface area contributed by atoms with Gasteiger partial charge in [-0.2, -0.15) is 8.78 Å². The van der Waals surface area contributed by atoms with E-state index in [0.717, 1.165) is 11.4 Å². The Morgan fingerprint density at radius 2 is 0.712 bits per heavy atom. The average Bonchev–Trinajstić information content (AvgIpc) is 3.25. The molecular formula is C46H34F4N8Pt. The van der Waals surface area contributed by atoms with Gasteiger partial charge < -0.3 is 19.9 Å². The van der Waals surface area contributed by atoms with Gasteiger partial charge in [-0.15, -0.1) is 24.3 Å². The van der Waals surface area contributed by atoms with Gasteiger partial charge in [0.15, 0.2) is 0 Å². The molecule has 0 amide bonds. The molecule has 0 aliphatic heterocycles. The quantitative estimate of drug-likeness (QED) is 0.0843. The Labute approximate surface area is 353 Å². The zero-order valence-electron chi connectivity index (χ0n) is 32.1. The molecule has 0 saturated carbocycles. The first kappa shape index (κ1) is 42.2. The summed E-state index contributed by atoms with van der Waals surface area (Å²) in [5.41, 5.74) is 4.54. The molecule has 0 aliphatic rings. The minimum atomic E-state index is -0.627. The first-order valence-corrected chi connectivity index (χ1v) is 18.1. The number of hydrogen-bond donors (Lipinski definition) is 0. The topological polar surface area (TPSA) is 103 Å². The number of rotatable bonds is 8. The summed E-state index contributed by atoms with van der Waals surface area (Å²) in [6, 6.07) is 37.0. The molecule has 296 valence electrons. The van der Waals surface area contributed by atoms with Crippen molar-refractivity contribution in [3.63, 3.8) is 0 Å². The van der Waals surface area contributed by atoms with Crippen molar-refractivity contribution < 1.29 is 38.6 Å². The van der Waals surface area contributed by atoms with Gasteiger partial charge in [-0.05, 0) is 99.7 Å². The fourth-order valence-corrected chi connectivity index (χ4v) is 6.18. The van der Waals surface area contributed by atoms with Crippen LogP contribution >= 0.6 is 0 Å². The molecule has 0 atom stereocenters. The van der Waals surface area contributed by atoms with Crippen molar-refractivity contribution in [2.24, 2.45) is 0 Å². The van der Waals surface area contributed by atoms with Gasteiger partial charge in [0.2, 0.25) is 11.9 Å². The Morgan fingerprint density at radius 3 is 1.05 bits per heavy atom. The van der Waals surface area contributed by atoms with Crippen LogP contribution in [0.4, 0.5) is 17.6 Å². The Hall–Kier alpha value is -6.39. The van der Waals surface area contributed by atoms with E-state index >= 15 is 0 Å². The molecule has 8 aromatic heterocycles. The molecule has 13 heteroatoms. The summed E-state index contributed by atoms with van der Waals surface area (Å²) in [6.45, 7) is 7.87. The number of nitrogens with zero attached hydrogens (tertiary/aromatic N) is 8. The predicted octanol–water partition coefficient (Wildman–Crippen LogP) is 10.0. The molecule has 0 aliphatic carbocycles. The van der Waals surface area contributed by atoms with E-state index in [-0.39, 0.29) is 32.2 Å². The summed E-state index contributed by atoms with van der Waals surface area (Å²) in [5, 5.41) is 0. The van der Waals surface area contributed by atoms with Crippen LogP contribution in [-0.2, 0) is 31.9 Å². The summed E-state index contributed by atoms with van der Waals surface area (Å²) in [5.74, 6) is -2.39. The minimum absolute atomic E-state index is 0. The number of pyridine rings is 8. The zero-order chi connectivity index (χ0) is 40.9. The second-order valence-corrected chi connectivity index (χ2v) is 14.1. The number of aromatic nitrogens is 8. The average molecular weight is 970 g/mol. The summed E-state index contributed by atoms with van der Waals surface area (Å²) in [6.07, 6.45) is 5.49. The normalized spacial score (nSPS) is 11.3. The fraction of sp³-hybridized carbons (Fsp3) is 0.130. The molecule has 0 N–H and O–H groups in total. The van der Waals surface area contributed by atoms with Gasteiger partial charge in [-0.25, -0.2) is 18.7 Å². The van der Waals surface area contributed by atoms with Crippen LogP contribution in [0.2, 0.25) is 0 Å². The van der Waals surface area contributed by atoms with Crippen molar-refractivity contribution in [3.05, 3.63) is 193 Å². The molecule has 0 bridgehead atoms. The molecule has 8 rings (SSSR count). The molecule has 0 aromatic carbocycles. The fourth-order valence-electron chi connectivity index (χ4n) is 6.18. The third-order valence-corrected chi connectivity index (χ3v) is 9.53. The summed E-state index contributed by atoms with van der Waals surface area (Å²) >= 11 is 0. The van der Waals surface area contributed by atoms with Gasteiger partial charge in [-0.1, -0.05) is 59.9 Å². The van der Waals surface area contributed by atoms with Gasteiger partial charge in [0.1, 0.15) is 11.9 Å². The molecule has 0 radical (unpaired) electrons. The van der Waals surface area contributed by atoms with Gasteiger partial charge in [-0.3, -0.25) is 9.97 Å². The van der Waals surface area contributed by atoms with Crippen LogP contribution in [0.1, 0.15) is 50.5 Å². The van der Waals surface area contributed by atoms with Gasteiger partial charge in [0.05, 0.1) is 33.9 Å².